The number of carbonyl (C=O) groups is 1. The van der Waals surface area contributed by atoms with E-state index in [0.29, 0.717) is 23.9 Å². The SMILES string of the molecule is CCCCCCCCC/C=C\CCCCCCCCCC(=O)NC(COP(=O)([O-])OCC[N+](C)(C)C)C(O)CCCCCCCCCCCCCC. The quantitative estimate of drug-likeness (QED) is 0.0279. The summed E-state index contributed by atoms with van der Waals surface area (Å²) in [6.45, 7) is 4.71. The number of aliphatic hydroxyl groups is 1. The van der Waals surface area contributed by atoms with Crippen LogP contribution in [0.5, 0.6) is 0 Å². The Morgan fingerprint density at radius 2 is 1.06 bits per heavy atom. The Morgan fingerprint density at radius 3 is 1.50 bits per heavy atom. The number of phosphoric ester groups is 1. The smallest absolute Gasteiger partial charge is 0.268 e. The topological polar surface area (TPSA) is 108 Å². The molecule has 0 aromatic heterocycles. The highest BCUT2D eigenvalue weighted by Crippen LogP contribution is 2.38. The van der Waals surface area contributed by atoms with E-state index in [1.54, 1.807) is 0 Å². The molecule has 0 saturated carbocycles. The van der Waals surface area contributed by atoms with Gasteiger partial charge in [-0.15, -0.1) is 0 Å². The minimum absolute atomic E-state index is 0.0130. The van der Waals surface area contributed by atoms with Crippen molar-refractivity contribution in [3.63, 3.8) is 0 Å². The number of nitrogens with zero attached hydrogens (tertiary/aromatic N) is 1. The fourth-order valence-corrected chi connectivity index (χ4v) is 7.17. The highest BCUT2D eigenvalue weighted by molar-refractivity contribution is 7.45. The summed E-state index contributed by atoms with van der Waals surface area (Å²) in [5.41, 5.74) is 0. The van der Waals surface area contributed by atoms with Crippen molar-refractivity contribution in [1.29, 1.82) is 0 Å². The van der Waals surface area contributed by atoms with Gasteiger partial charge in [-0.1, -0.05) is 174 Å². The van der Waals surface area contributed by atoms with E-state index in [1.165, 1.54) is 141 Å². The van der Waals surface area contributed by atoms with Crippen LogP contribution in [-0.2, 0) is 18.4 Å². The molecule has 310 valence electrons. The molecule has 8 nitrogen and oxygen atoms in total. The van der Waals surface area contributed by atoms with E-state index in [0.717, 1.165) is 38.5 Å². The third kappa shape index (κ3) is 37.6. The molecule has 0 aromatic carbocycles. The number of hydrogen-bond donors (Lipinski definition) is 2. The predicted octanol–water partition coefficient (Wildman–Crippen LogP) is 11.3. The number of unbranched alkanes of at least 4 members (excludes halogenated alkanes) is 25. The van der Waals surface area contributed by atoms with E-state index in [-0.39, 0.29) is 19.1 Å². The zero-order chi connectivity index (χ0) is 38.6. The van der Waals surface area contributed by atoms with Crippen LogP contribution >= 0.6 is 7.82 Å². The maximum atomic E-state index is 12.8. The number of allylic oxidation sites excluding steroid dienone is 2. The van der Waals surface area contributed by atoms with Crippen molar-refractivity contribution in [2.75, 3.05) is 40.9 Å². The van der Waals surface area contributed by atoms with Gasteiger partial charge in [-0.3, -0.25) is 9.36 Å². The Hall–Kier alpha value is -0.760. The van der Waals surface area contributed by atoms with Gasteiger partial charge in [0.25, 0.3) is 7.82 Å². The molecule has 3 unspecified atom stereocenters. The first-order valence-corrected chi connectivity index (χ1v) is 23.5. The summed E-state index contributed by atoms with van der Waals surface area (Å²) in [5.74, 6) is -0.169. The molecule has 52 heavy (non-hydrogen) atoms. The van der Waals surface area contributed by atoms with Crippen LogP contribution in [0.3, 0.4) is 0 Å². The zero-order valence-corrected chi connectivity index (χ0v) is 35.9. The first-order chi connectivity index (χ1) is 25.0. The number of hydrogen-bond acceptors (Lipinski definition) is 6. The van der Waals surface area contributed by atoms with Gasteiger partial charge in [0.15, 0.2) is 0 Å². The van der Waals surface area contributed by atoms with E-state index < -0.39 is 20.0 Å². The van der Waals surface area contributed by atoms with Crippen molar-refractivity contribution in [3.8, 4) is 0 Å². The normalized spacial score (nSPS) is 14.5. The van der Waals surface area contributed by atoms with Gasteiger partial charge < -0.3 is 28.8 Å². The van der Waals surface area contributed by atoms with Crippen LogP contribution in [0.1, 0.15) is 206 Å². The summed E-state index contributed by atoms with van der Waals surface area (Å²) >= 11 is 0. The molecule has 0 aromatic rings. The Bertz CT molecular complexity index is 865. The van der Waals surface area contributed by atoms with E-state index in [4.69, 9.17) is 9.05 Å². The standard InChI is InChI=1S/C43H87N2O6P/c1-6-8-10-12-14-16-18-20-21-22-23-24-25-27-29-31-33-35-37-43(47)44-41(40-51-52(48,49)50-39-38-45(3,4)5)42(46)36-34-32-30-28-26-19-17-15-13-11-9-7-2/h21-22,41-42,46H,6-20,23-40H2,1-5H3,(H-,44,47,48,49)/b22-21-. The lowest BCUT2D eigenvalue weighted by Crippen LogP contribution is -2.46. The van der Waals surface area contributed by atoms with Crippen LogP contribution in [0, 0.1) is 0 Å². The van der Waals surface area contributed by atoms with Gasteiger partial charge in [0, 0.05) is 6.42 Å². The van der Waals surface area contributed by atoms with E-state index in [2.05, 4.69) is 31.3 Å². The van der Waals surface area contributed by atoms with Crippen LogP contribution in [-0.4, -0.2) is 68.5 Å². The van der Waals surface area contributed by atoms with Crippen molar-refractivity contribution >= 4 is 13.7 Å². The average Bonchev–Trinajstić information content (AvgIpc) is 3.09. The minimum Gasteiger partial charge on any atom is -0.756 e. The summed E-state index contributed by atoms with van der Waals surface area (Å²) < 4.78 is 23.2. The van der Waals surface area contributed by atoms with Crippen LogP contribution in [0.25, 0.3) is 0 Å². The summed E-state index contributed by atoms with van der Waals surface area (Å²) in [6, 6.07) is -0.797. The number of amides is 1. The van der Waals surface area contributed by atoms with Gasteiger partial charge in [0.2, 0.25) is 5.91 Å². The number of aliphatic hydroxyl groups excluding tert-OH is 1. The van der Waals surface area contributed by atoms with E-state index >= 15 is 0 Å². The molecular formula is C43H87N2O6P. The molecule has 0 radical (unpaired) electrons. The Balaban J connectivity index is 4.33. The molecule has 0 saturated heterocycles. The number of likely N-dealkylation sites (N-methyl/N-ethyl adjacent to an activating group) is 1. The number of nitrogens with one attached hydrogen (secondary N) is 1. The second kappa shape index (κ2) is 35.9. The van der Waals surface area contributed by atoms with Gasteiger partial charge in [-0.25, -0.2) is 0 Å². The number of phosphoric acid groups is 1. The molecule has 1 amide bonds. The summed E-state index contributed by atoms with van der Waals surface area (Å²) in [4.78, 5) is 25.3. The molecule has 0 fully saturated rings. The maximum absolute atomic E-state index is 12.8. The molecule has 0 heterocycles. The van der Waals surface area contributed by atoms with Crippen LogP contribution in [0.2, 0.25) is 0 Å². The summed E-state index contributed by atoms with van der Waals surface area (Å²) in [6.07, 6.45) is 39.2. The molecule has 0 spiro atoms. The predicted molar refractivity (Wildman–Crippen MR) is 219 cm³/mol. The van der Waals surface area contributed by atoms with Crippen molar-refractivity contribution < 1.29 is 32.9 Å². The van der Waals surface area contributed by atoms with Crippen molar-refractivity contribution in [1.82, 2.24) is 5.32 Å². The second-order valence-electron chi connectivity index (χ2n) is 16.4. The largest absolute Gasteiger partial charge is 0.756 e. The summed E-state index contributed by atoms with van der Waals surface area (Å²) in [7, 11) is 1.31. The highest BCUT2D eigenvalue weighted by Gasteiger charge is 2.24. The monoisotopic (exact) mass is 759 g/mol. The van der Waals surface area contributed by atoms with E-state index in [9.17, 15) is 19.4 Å². The minimum atomic E-state index is -4.56. The van der Waals surface area contributed by atoms with E-state index in [1.807, 2.05) is 21.1 Å². The first kappa shape index (κ1) is 51.2. The highest BCUT2D eigenvalue weighted by atomic mass is 31.2. The van der Waals surface area contributed by atoms with Crippen molar-refractivity contribution in [2.24, 2.45) is 0 Å². The van der Waals surface area contributed by atoms with Crippen LogP contribution in [0.15, 0.2) is 12.2 Å². The number of carbonyl (C=O) groups excluding carboxylic acids is 1. The molecule has 0 bridgehead atoms. The van der Waals surface area contributed by atoms with Gasteiger partial charge >= 0.3 is 0 Å². The fourth-order valence-electron chi connectivity index (χ4n) is 6.45. The maximum Gasteiger partial charge on any atom is 0.268 e. The Kier molecular flexibility index (Phi) is 35.4. The lowest BCUT2D eigenvalue weighted by Gasteiger charge is -2.30. The third-order valence-corrected chi connectivity index (χ3v) is 11.0. The first-order valence-electron chi connectivity index (χ1n) is 22.0. The second-order valence-corrected chi connectivity index (χ2v) is 17.8. The fraction of sp³-hybridized carbons (Fsp3) is 0.930. The summed E-state index contributed by atoms with van der Waals surface area (Å²) in [5, 5.41) is 13.9. The van der Waals surface area contributed by atoms with Crippen molar-refractivity contribution in [3.05, 3.63) is 12.2 Å². The van der Waals surface area contributed by atoms with Gasteiger partial charge in [0.05, 0.1) is 39.9 Å². The molecule has 0 rings (SSSR count). The molecule has 0 aliphatic carbocycles. The number of rotatable bonds is 40. The zero-order valence-electron chi connectivity index (χ0n) is 35.0. The van der Waals surface area contributed by atoms with Crippen LogP contribution < -0.4 is 10.2 Å². The molecule has 0 aliphatic rings. The van der Waals surface area contributed by atoms with Gasteiger partial charge in [-0.2, -0.15) is 0 Å². The molecular weight excluding hydrogens is 671 g/mol. The molecule has 9 heteroatoms. The Labute approximate surface area is 322 Å². The lowest BCUT2D eigenvalue weighted by atomic mass is 10.0. The third-order valence-electron chi connectivity index (χ3n) is 10.0. The molecule has 2 N–H and O–H groups in total. The van der Waals surface area contributed by atoms with Crippen LogP contribution in [0.4, 0.5) is 0 Å². The molecule has 3 atom stereocenters. The average molecular weight is 759 g/mol. The Morgan fingerprint density at radius 1 is 0.654 bits per heavy atom. The lowest BCUT2D eigenvalue weighted by molar-refractivity contribution is -0.870. The number of quaternary nitrogens is 1. The van der Waals surface area contributed by atoms with Gasteiger partial charge in [-0.05, 0) is 38.5 Å². The molecule has 0 aliphatic heterocycles. The van der Waals surface area contributed by atoms with Crippen molar-refractivity contribution in [2.45, 2.75) is 219 Å². The van der Waals surface area contributed by atoms with Gasteiger partial charge in [0.1, 0.15) is 13.2 Å².